The van der Waals surface area contributed by atoms with Crippen LogP contribution < -0.4 is 5.73 Å². The molecule has 1 aliphatic carbocycles. The molecule has 0 amide bonds. The van der Waals surface area contributed by atoms with Crippen LogP contribution in [0.5, 0.6) is 0 Å². The van der Waals surface area contributed by atoms with Gasteiger partial charge < -0.3 is 10.5 Å². The second-order valence-corrected chi connectivity index (χ2v) is 4.02. The number of rotatable bonds is 2. The van der Waals surface area contributed by atoms with Crippen molar-refractivity contribution in [3.05, 3.63) is 0 Å². The van der Waals surface area contributed by atoms with Crippen LogP contribution >= 0.6 is 0 Å². The summed E-state index contributed by atoms with van der Waals surface area (Å²) in [6.45, 7) is 0.573. The van der Waals surface area contributed by atoms with Crippen LogP contribution in [0.1, 0.15) is 19.3 Å². The van der Waals surface area contributed by atoms with E-state index in [4.69, 9.17) is 10.5 Å². The minimum absolute atomic E-state index is 0.196. The molecular formula is C8H13F2NO. The third kappa shape index (κ3) is 0.910. The van der Waals surface area contributed by atoms with Gasteiger partial charge in [0, 0.05) is 6.54 Å². The van der Waals surface area contributed by atoms with E-state index in [0.717, 1.165) is 0 Å². The van der Waals surface area contributed by atoms with Crippen molar-refractivity contribution in [3.63, 3.8) is 0 Å². The van der Waals surface area contributed by atoms with Crippen LogP contribution in [-0.2, 0) is 4.74 Å². The molecule has 1 saturated carbocycles. The number of halogens is 2. The molecule has 2 atom stereocenters. The highest BCUT2D eigenvalue weighted by Crippen LogP contribution is 2.55. The van der Waals surface area contributed by atoms with Crippen molar-refractivity contribution in [2.75, 3.05) is 13.2 Å². The summed E-state index contributed by atoms with van der Waals surface area (Å²) in [5.74, 6) is 0. The Bertz CT molecular complexity index is 187. The lowest BCUT2D eigenvalue weighted by atomic mass is 9.88. The number of hydrogen-bond donors (Lipinski definition) is 1. The molecule has 2 rings (SSSR count). The summed E-state index contributed by atoms with van der Waals surface area (Å²) in [6, 6.07) is 0. The maximum absolute atomic E-state index is 12.6. The monoisotopic (exact) mass is 177 g/mol. The highest BCUT2D eigenvalue weighted by atomic mass is 19.3. The van der Waals surface area contributed by atoms with E-state index in [-0.39, 0.29) is 6.61 Å². The van der Waals surface area contributed by atoms with E-state index in [9.17, 15) is 8.78 Å². The quantitative estimate of drug-likeness (QED) is 0.686. The molecule has 1 saturated heterocycles. The third-order valence-corrected chi connectivity index (χ3v) is 3.25. The van der Waals surface area contributed by atoms with Gasteiger partial charge in [0.25, 0.3) is 0 Å². The minimum atomic E-state index is -2.26. The zero-order valence-electron chi connectivity index (χ0n) is 6.85. The van der Waals surface area contributed by atoms with E-state index < -0.39 is 17.4 Å². The molecule has 1 aliphatic heterocycles. The van der Waals surface area contributed by atoms with Gasteiger partial charge in [-0.15, -0.1) is 0 Å². The Labute approximate surface area is 70.1 Å². The Morgan fingerprint density at radius 1 is 1.42 bits per heavy atom. The molecule has 0 spiro atoms. The molecule has 12 heavy (non-hydrogen) atoms. The Morgan fingerprint density at radius 3 is 2.42 bits per heavy atom. The zero-order valence-corrected chi connectivity index (χ0v) is 6.85. The van der Waals surface area contributed by atoms with Gasteiger partial charge in [-0.05, 0) is 19.3 Å². The Balaban J connectivity index is 2.17. The van der Waals surface area contributed by atoms with E-state index in [2.05, 4.69) is 0 Å². The topological polar surface area (TPSA) is 35.2 Å². The van der Waals surface area contributed by atoms with Crippen LogP contribution in [-0.4, -0.2) is 25.2 Å². The fourth-order valence-electron chi connectivity index (χ4n) is 2.32. The summed E-state index contributed by atoms with van der Waals surface area (Å²) in [5.41, 5.74) is 4.23. The molecule has 0 radical (unpaired) electrons. The summed E-state index contributed by atoms with van der Waals surface area (Å²) >= 11 is 0. The first-order valence-corrected chi connectivity index (χ1v) is 4.25. The maximum Gasteiger partial charge on any atom is 0.246 e. The normalized spacial score (nSPS) is 46.0. The molecule has 70 valence electrons. The molecule has 2 unspecified atom stereocenters. The van der Waals surface area contributed by atoms with E-state index in [1.165, 1.54) is 0 Å². The minimum Gasteiger partial charge on any atom is -0.373 e. The van der Waals surface area contributed by atoms with Gasteiger partial charge in [0.15, 0.2) is 0 Å². The average Bonchev–Trinajstić information content (AvgIpc) is 2.61. The van der Waals surface area contributed by atoms with Gasteiger partial charge in [0.2, 0.25) is 6.43 Å². The number of ether oxygens (including phenoxy) is 1. The summed E-state index contributed by atoms with van der Waals surface area (Å²) in [5, 5.41) is 0. The van der Waals surface area contributed by atoms with Crippen LogP contribution in [0.15, 0.2) is 0 Å². The van der Waals surface area contributed by atoms with Crippen molar-refractivity contribution in [1.82, 2.24) is 0 Å². The van der Waals surface area contributed by atoms with Gasteiger partial charge in [0.1, 0.15) is 0 Å². The standard InChI is InChI=1S/C8H13F2NO/c9-6(10)7-1-2-8(3-7,4-11)12-5-7/h6H,1-5,11H2. The lowest BCUT2D eigenvalue weighted by Crippen LogP contribution is -2.35. The molecule has 0 aromatic carbocycles. The molecule has 2 bridgehead atoms. The van der Waals surface area contributed by atoms with Crippen molar-refractivity contribution in [1.29, 1.82) is 0 Å². The fourth-order valence-corrected chi connectivity index (χ4v) is 2.32. The fraction of sp³-hybridized carbons (Fsp3) is 1.00. The lowest BCUT2D eigenvalue weighted by Gasteiger charge is -2.26. The first-order valence-electron chi connectivity index (χ1n) is 4.25. The summed E-state index contributed by atoms with van der Waals surface area (Å²) in [6.07, 6.45) is -0.530. The van der Waals surface area contributed by atoms with Crippen LogP contribution in [0.3, 0.4) is 0 Å². The van der Waals surface area contributed by atoms with E-state index in [0.29, 0.717) is 25.8 Å². The summed E-state index contributed by atoms with van der Waals surface area (Å²) in [4.78, 5) is 0. The largest absolute Gasteiger partial charge is 0.373 e. The molecular weight excluding hydrogens is 164 g/mol. The van der Waals surface area contributed by atoms with Crippen molar-refractivity contribution in [3.8, 4) is 0 Å². The second-order valence-electron chi connectivity index (χ2n) is 4.02. The van der Waals surface area contributed by atoms with Gasteiger partial charge >= 0.3 is 0 Å². The molecule has 2 nitrogen and oxygen atoms in total. The van der Waals surface area contributed by atoms with Gasteiger partial charge in [-0.25, -0.2) is 8.78 Å². The van der Waals surface area contributed by atoms with Crippen molar-refractivity contribution in [2.24, 2.45) is 11.1 Å². The molecule has 2 N–H and O–H groups in total. The van der Waals surface area contributed by atoms with Gasteiger partial charge in [0.05, 0.1) is 17.6 Å². The predicted octanol–water partition coefficient (Wildman–Crippen LogP) is 1.15. The molecule has 0 aromatic heterocycles. The number of fused-ring (bicyclic) bond motifs is 2. The van der Waals surface area contributed by atoms with E-state index in [1.54, 1.807) is 0 Å². The smallest absolute Gasteiger partial charge is 0.246 e. The molecule has 1 heterocycles. The molecule has 0 aromatic rings. The lowest BCUT2D eigenvalue weighted by molar-refractivity contribution is -0.0618. The van der Waals surface area contributed by atoms with Gasteiger partial charge in [-0.2, -0.15) is 0 Å². The van der Waals surface area contributed by atoms with Crippen molar-refractivity contribution < 1.29 is 13.5 Å². The summed E-state index contributed by atoms with van der Waals surface area (Å²) in [7, 11) is 0. The Hall–Kier alpha value is -0.220. The van der Waals surface area contributed by atoms with Gasteiger partial charge in [-0.1, -0.05) is 0 Å². The molecule has 2 aliphatic rings. The van der Waals surface area contributed by atoms with E-state index >= 15 is 0 Å². The Morgan fingerprint density at radius 2 is 2.17 bits per heavy atom. The molecule has 2 fully saturated rings. The third-order valence-electron chi connectivity index (χ3n) is 3.25. The SMILES string of the molecule is NCC12CCC(C(F)F)(CO1)C2. The highest BCUT2D eigenvalue weighted by Gasteiger charge is 2.59. The second kappa shape index (κ2) is 2.39. The predicted molar refractivity (Wildman–Crippen MR) is 40.0 cm³/mol. The Kier molecular flexibility index (Phi) is 1.67. The average molecular weight is 177 g/mol. The number of nitrogens with two attached hydrogens (primary N) is 1. The molecule has 4 heteroatoms. The van der Waals surface area contributed by atoms with Crippen LogP contribution in [0.2, 0.25) is 0 Å². The van der Waals surface area contributed by atoms with Crippen LogP contribution in [0.25, 0.3) is 0 Å². The van der Waals surface area contributed by atoms with Crippen molar-refractivity contribution >= 4 is 0 Å². The number of hydrogen-bond acceptors (Lipinski definition) is 2. The first-order chi connectivity index (χ1) is 5.63. The maximum atomic E-state index is 12.6. The zero-order chi connectivity index (χ0) is 8.82. The van der Waals surface area contributed by atoms with Gasteiger partial charge in [-0.3, -0.25) is 0 Å². The van der Waals surface area contributed by atoms with Crippen LogP contribution in [0, 0.1) is 5.41 Å². The summed E-state index contributed by atoms with van der Waals surface area (Å²) < 4.78 is 30.6. The first kappa shape index (κ1) is 8.38. The van der Waals surface area contributed by atoms with Crippen LogP contribution in [0.4, 0.5) is 8.78 Å². The highest BCUT2D eigenvalue weighted by molar-refractivity contribution is 5.06. The van der Waals surface area contributed by atoms with Crippen molar-refractivity contribution in [2.45, 2.75) is 31.3 Å². The number of alkyl halides is 2. The van der Waals surface area contributed by atoms with E-state index in [1.807, 2.05) is 0 Å².